The van der Waals surface area contributed by atoms with E-state index in [4.69, 9.17) is 10.7 Å². The first-order valence-electron chi connectivity index (χ1n) is 2.32. The normalized spacial score (nSPS) is 19.9. The Morgan fingerprint density at radius 2 is 2.33 bits per heavy atom. The molecule has 9 heavy (non-hydrogen) atoms. The van der Waals surface area contributed by atoms with E-state index in [0.717, 1.165) is 5.75 Å². The summed E-state index contributed by atoms with van der Waals surface area (Å²) in [6.07, 6.45) is 1.65. The fourth-order valence-electron chi connectivity index (χ4n) is 0.540. The van der Waals surface area contributed by atoms with Crippen LogP contribution in [0.15, 0.2) is 11.0 Å². The van der Waals surface area contributed by atoms with E-state index in [1.807, 2.05) is 0 Å². The quantitative estimate of drug-likeness (QED) is 0.574. The molecule has 0 N–H and O–H groups in total. The molecule has 0 saturated heterocycles. The van der Waals surface area contributed by atoms with Gasteiger partial charge >= 0.3 is 0 Å². The summed E-state index contributed by atoms with van der Waals surface area (Å²) in [5.41, 5.74) is 0. The van der Waals surface area contributed by atoms with Gasteiger partial charge in [-0.2, -0.15) is 11.8 Å². The molecule has 0 aromatic heterocycles. The van der Waals surface area contributed by atoms with Crippen LogP contribution >= 0.6 is 22.4 Å². The van der Waals surface area contributed by atoms with Gasteiger partial charge in [-0.3, -0.25) is 0 Å². The molecule has 0 saturated carbocycles. The third kappa shape index (κ3) is 1.88. The Morgan fingerprint density at radius 1 is 1.67 bits per heavy atom. The molecular weight excluding hydrogens is 180 g/mol. The molecule has 0 aromatic carbocycles. The Bertz CT molecular complexity index is 229. The lowest BCUT2D eigenvalue weighted by Crippen LogP contribution is -1.93. The molecule has 0 unspecified atom stereocenters. The molecular formula is C4H5ClO2S2. The number of thioether (sulfide) groups is 1. The van der Waals surface area contributed by atoms with Crippen LogP contribution in [0.4, 0.5) is 0 Å². The van der Waals surface area contributed by atoms with Crippen molar-refractivity contribution in [2.45, 2.75) is 0 Å². The van der Waals surface area contributed by atoms with Crippen LogP contribution in [0.1, 0.15) is 0 Å². The van der Waals surface area contributed by atoms with Crippen LogP contribution in [0.25, 0.3) is 0 Å². The number of hydrogen-bond acceptors (Lipinski definition) is 3. The second-order valence-corrected chi connectivity index (χ2v) is 5.27. The highest BCUT2D eigenvalue weighted by atomic mass is 35.7. The van der Waals surface area contributed by atoms with Gasteiger partial charge in [0.1, 0.15) is 0 Å². The van der Waals surface area contributed by atoms with Crippen LogP contribution in [0.2, 0.25) is 0 Å². The van der Waals surface area contributed by atoms with Gasteiger partial charge < -0.3 is 0 Å². The van der Waals surface area contributed by atoms with Crippen molar-refractivity contribution in [3.63, 3.8) is 0 Å². The molecule has 0 aliphatic carbocycles. The lowest BCUT2D eigenvalue weighted by Gasteiger charge is -1.90. The maximum absolute atomic E-state index is 10.5. The van der Waals surface area contributed by atoms with Gasteiger partial charge in [0.05, 0.1) is 4.91 Å². The smallest absolute Gasteiger partial charge is 0.207 e. The number of rotatable bonds is 1. The summed E-state index contributed by atoms with van der Waals surface area (Å²) in [6.45, 7) is 0. The first-order valence-corrected chi connectivity index (χ1v) is 5.78. The first-order chi connectivity index (χ1) is 4.11. The minimum Gasteiger partial charge on any atom is -0.207 e. The molecule has 1 rings (SSSR count). The Kier molecular flexibility index (Phi) is 2.08. The molecule has 2 nitrogen and oxygen atoms in total. The summed E-state index contributed by atoms with van der Waals surface area (Å²) in [6, 6.07) is 0. The molecule has 0 spiro atoms. The van der Waals surface area contributed by atoms with Gasteiger partial charge in [0, 0.05) is 22.2 Å². The zero-order chi connectivity index (χ0) is 6.91. The zero-order valence-electron chi connectivity index (χ0n) is 4.50. The largest absolute Gasteiger partial charge is 0.258 e. The van der Waals surface area contributed by atoms with E-state index >= 15 is 0 Å². The van der Waals surface area contributed by atoms with Gasteiger partial charge in [-0.05, 0) is 0 Å². The van der Waals surface area contributed by atoms with Crippen LogP contribution in [0, 0.1) is 0 Å². The molecule has 1 heterocycles. The van der Waals surface area contributed by atoms with Gasteiger partial charge in [-0.1, -0.05) is 6.08 Å². The molecule has 52 valence electrons. The monoisotopic (exact) mass is 184 g/mol. The van der Waals surface area contributed by atoms with Crippen LogP contribution in [-0.2, 0) is 9.05 Å². The third-order valence-corrected chi connectivity index (χ3v) is 3.62. The highest BCUT2D eigenvalue weighted by Gasteiger charge is 2.16. The van der Waals surface area contributed by atoms with E-state index in [1.54, 1.807) is 17.8 Å². The van der Waals surface area contributed by atoms with Crippen molar-refractivity contribution in [1.29, 1.82) is 0 Å². The third-order valence-electron chi connectivity index (χ3n) is 0.986. The highest BCUT2D eigenvalue weighted by molar-refractivity contribution is 8.17. The summed E-state index contributed by atoms with van der Waals surface area (Å²) in [5, 5.41) is 0. The van der Waals surface area contributed by atoms with E-state index < -0.39 is 9.05 Å². The molecule has 1 aliphatic heterocycles. The molecule has 1 aliphatic rings. The van der Waals surface area contributed by atoms with Crippen molar-refractivity contribution >= 4 is 31.5 Å². The summed E-state index contributed by atoms with van der Waals surface area (Å²) < 4.78 is 21.0. The van der Waals surface area contributed by atoms with Crippen molar-refractivity contribution in [1.82, 2.24) is 0 Å². The minimum atomic E-state index is -3.39. The lowest BCUT2D eigenvalue weighted by molar-refractivity contribution is 0.615. The van der Waals surface area contributed by atoms with E-state index in [-0.39, 0.29) is 0 Å². The van der Waals surface area contributed by atoms with Crippen LogP contribution in [0.5, 0.6) is 0 Å². The molecule has 0 radical (unpaired) electrons. The van der Waals surface area contributed by atoms with Crippen LogP contribution in [0.3, 0.4) is 0 Å². The van der Waals surface area contributed by atoms with Crippen molar-refractivity contribution in [2.75, 3.05) is 11.5 Å². The Hall–Kier alpha value is 0.330. The maximum atomic E-state index is 10.5. The molecule has 0 aromatic rings. The zero-order valence-corrected chi connectivity index (χ0v) is 6.89. The topological polar surface area (TPSA) is 34.1 Å². The standard InChI is InChI=1S/C4H5ClO2S2/c5-9(6,7)4-1-2-8-3-4/h1H,2-3H2. The Labute approximate surface area is 62.7 Å². The number of halogens is 1. The fraction of sp³-hybridized carbons (Fsp3) is 0.500. The van der Waals surface area contributed by atoms with Crippen LogP contribution in [-0.4, -0.2) is 19.9 Å². The molecule has 0 atom stereocenters. The van der Waals surface area contributed by atoms with Crippen molar-refractivity contribution in [3.8, 4) is 0 Å². The summed E-state index contributed by atoms with van der Waals surface area (Å²) in [5.74, 6) is 1.30. The second-order valence-electron chi connectivity index (χ2n) is 1.62. The maximum Gasteiger partial charge on any atom is 0.258 e. The average Bonchev–Trinajstić information content (AvgIpc) is 2.08. The minimum absolute atomic E-state index is 0.356. The van der Waals surface area contributed by atoms with Crippen molar-refractivity contribution < 1.29 is 8.42 Å². The lowest BCUT2D eigenvalue weighted by atomic mass is 10.6. The van der Waals surface area contributed by atoms with E-state index in [2.05, 4.69) is 0 Å². The van der Waals surface area contributed by atoms with E-state index in [9.17, 15) is 8.42 Å². The van der Waals surface area contributed by atoms with Gasteiger partial charge in [0.15, 0.2) is 0 Å². The SMILES string of the molecule is O=S(=O)(Cl)C1=CCSC1. The van der Waals surface area contributed by atoms with Gasteiger partial charge in [0.25, 0.3) is 9.05 Å². The molecule has 0 amide bonds. The summed E-state index contributed by atoms with van der Waals surface area (Å²) >= 11 is 1.55. The van der Waals surface area contributed by atoms with Gasteiger partial charge in [0.2, 0.25) is 0 Å². The van der Waals surface area contributed by atoms with E-state index in [1.165, 1.54) is 0 Å². The van der Waals surface area contributed by atoms with Crippen molar-refractivity contribution in [3.05, 3.63) is 11.0 Å². The Balaban J connectivity index is 2.87. The summed E-state index contributed by atoms with van der Waals surface area (Å²) in [7, 11) is 1.64. The second kappa shape index (κ2) is 2.52. The molecule has 5 heteroatoms. The Morgan fingerprint density at radius 3 is 2.56 bits per heavy atom. The first kappa shape index (κ1) is 7.44. The van der Waals surface area contributed by atoms with E-state index in [0.29, 0.717) is 10.7 Å². The molecule has 0 fully saturated rings. The predicted molar refractivity (Wildman–Crippen MR) is 40.2 cm³/mol. The average molecular weight is 185 g/mol. The van der Waals surface area contributed by atoms with Crippen LogP contribution < -0.4 is 0 Å². The number of hydrogen-bond donors (Lipinski definition) is 0. The van der Waals surface area contributed by atoms with Gasteiger partial charge in [-0.25, -0.2) is 8.42 Å². The molecule has 0 bridgehead atoms. The van der Waals surface area contributed by atoms with Crippen molar-refractivity contribution in [2.24, 2.45) is 0 Å². The van der Waals surface area contributed by atoms with Gasteiger partial charge in [-0.15, -0.1) is 0 Å². The highest BCUT2D eigenvalue weighted by Crippen LogP contribution is 2.23. The summed E-state index contributed by atoms with van der Waals surface area (Å²) in [4.78, 5) is 0.356. The predicted octanol–water partition coefficient (Wildman–Crippen LogP) is 1.19. The fourth-order valence-corrected chi connectivity index (χ4v) is 3.09.